The topological polar surface area (TPSA) is 75.8 Å². The normalized spacial score (nSPS) is 28.8. The third-order valence-electron chi connectivity index (χ3n) is 2.74. The number of β-amino-alcohol motifs (C(OH)–C–C–N with tert-alkyl or cyclic N) is 1. The summed E-state index contributed by atoms with van der Waals surface area (Å²) in [5, 5.41) is 9.78. The number of nitrogens with zero attached hydrogens (tertiary/aromatic N) is 1. The Morgan fingerprint density at radius 2 is 2.13 bits per heavy atom. The molecule has 1 fully saturated rings. The van der Waals surface area contributed by atoms with Crippen LogP contribution in [-0.2, 0) is 4.74 Å². The number of primary amides is 1. The van der Waals surface area contributed by atoms with Crippen LogP contribution in [0, 0.1) is 0 Å². The first-order chi connectivity index (χ1) is 6.80. The SMILES string of the molecule is CC(C)(C)N1CC[C@H](OC(N)=O)[C@@H](O)C1. The van der Waals surface area contributed by atoms with Gasteiger partial charge in [0.15, 0.2) is 0 Å². The summed E-state index contributed by atoms with van der Waals surface area (Å²) < 4.78 is 4.83. The first-order valence-corrected chi connectivity index (χ1v) is 5.20. The van der Waals surface area contributed by atoms with Crippen molar-refractivity contribution in [2.24, 2.45) is 5.73 Å². The number of likely N-dealkylation sites (tertiary alicyclic amines) is 1. The molecule has 2 atom stereocenters. The van der Waals surface area contributed by atoms with Crippen LogP contribution in [0.2, 0.25) is 0 Å². The minimum absolute atomic E-state index is 0.0265. The van der Waals surface area contributed by atoms with Gasteiger partial charge in [-0.05, 0) is 27.2 Å². The lowest BCUT2D eigenvalue weighted by Crippen LogP contribution is -2.54. The van der Waals surface area contributed by atoms with Crippen LogP contribution in [0.4, 0.5) is 4.79 Å². The monoisotopic (exact) mass is 216 g/mol. The fraction of sp³-hybridized carbons (Fsp3) is 0.900. The van der Waals surface area contributed by atoms with Gasteiger partial charge in [-0.3, -0.25) is 4.90 Å². The van der Waals surface area contributed by atoms with Crippen molar-refractivity contribution >= 4 is 6.09 Å². The molecule has 0 aromatic rings. The maximum absolute atomic E-state index is 10.6. The Hall–Kier alpha value is -0.810. The molecule has 5 nitrogen and oxygen atoms in total. The Bertz CT molecular complexity index is 237. The summed E-state index contributed by atoms with van der Waals surface area (Å²) in [6.07, 6.45) is -1.30. The summed E-state index contributed by atoms with van der Waals surface area (Å²) in [7, 11) is 0. The van der Waals surface area contributed by atoms with Gasteiger partial charge >= 0.3 is 6.09 Å². The number of aliphatic hydroxyl groups is 1. The van der Waals surface area contributed by atoms with Crippen molar-refractivity contribution in [3.05, 3.63) is 0 Å². The molecule has 1 heterocycles. The third kappa shape index (κ3) is 3.35. The van der Waals surface area contributed by atoms with E-state index in [2.05, 4.69) is 25.7 Å². The van der Waals surface area contributed by atoms with E-state index in [-0.39, 0.29) is 5.54 Å². The van der Waals surface area contributed by atoms with Gasteiger partial charge in [0.25, 0.3) is 0 Å². The maximum Gasteiger partial charge on any atom is 0.404 e. The van der Waals surface area contributed by atoms with E-state index in [1.165, 1.54) is 0 Å². The minimum Gasteiger partial charge on any atom is -0.444 e. The molecule has 0 aliphatic carbocycles. The van der Waals surface area contributed by atoms with Crippen molar-refractivity contribution < 1.29 is 14.6 Å². The van der Waals surface area contributed by atoms with Crippen molar-refractivity contribution in [2.45, 2.75) is 44.9 Å². The fourth-order valence-corrected chi connectivity index (χ4v) is 1.81. The lowest BCUT2D eigenvalue weighted by Gasteiger charge is -2.42. The number of amides is 1. The third-order valence-corrected chi connectivity index (χ3v) is 2.74. The average molecular weight is 216 g/mol. The summed E-state index contributed by atoms with van der Waals surface area (Å²) in [5.74, 6) is 0. The highest BCUT2D eigenvalue weighted by Gasteiger charge is 2.34. The predicted octanol–water partition coefficient (Wildman–Crippen LogP) is 0.315. The molecule has 0 saturated carbocycles. The molecule has 0 radical (unpaired) electrons. The highest BCUT2D eigenvalue weighted by Crippen LogP contribution is 2.21. The second-order valence-corrected chi connectivity index (χ2v) is 4.95. The largest absolute Gasteiger partial charge is 0.444 e. The second-order valence-electron chi connectivity index (χ2n) is 4.95. The summed E-state index contributed by atoms with van der Waals surface area (Å²) in [6.45, 7) is 7.60. The Labute approximate surface area is 90.2 Å². The van der Waals surface area contributed by atoms with Crippen LogP contribution >= 0.6 is 0 Å². The Kier molecular flexibility index (Phi) is 3.57. The summed E-state index contributed by atoms with van der Waals surface area (Å²) in [6, 6.07) is 0. The molecule has 0 aromatic carbocycles. The molecule has 5 heteroatoms. The van der Waals surface area contributed by atoms with Crippen molar-refractivity contribution in [3.8, 4) is 0 Å². The van der Waals surface area contributed by atoms with Crippen LogP contribution in [0.1, 0.15) is 27.2 Å². The van der Waals surface area contributed by atoms with E-state index in [1.54, 1.807) is 0 Å². The number of ether oxygens (including phenoxy) is 1. The smallest absolute Gasteiger partial charge is 0.404 e. The molecule has 1 aliphatic rings. The summed E-state index contributed by atoms with van der Waals surface area (Å²) >= 11 is 0. The lowest BCUT2D eigenvalue weighted by molar-refractivity contribution is -0.0640. The van der Waals surface area contributed by atoms with Gasteiger partial charge in [-0.15, -0.1) is 0 Å². The quantitative estimate of drug-likeness (QED) is 0.661. The number of nitrogens with two attached hydrogens (primary N) is 1. The first kappa shape index (κ1) is 12.3. The van der Waals surface area contributed by atoms with E-state index in [0.717, 1.165) is 6.54 Å². The molecular formula is C10H20N2O3. The average Bonchev–Trinajstić information content (AvgIpc) is 2.05. The number of hydrogen-bond donors (Lipinski definition) is 2. The zero-order chi connectivity index (χ0) is 11.6. The molecule has 15 heavy (non-hydrogen) atoms. The van der Waals surface area contributed by atoms with Crippen LogP contribution in [0.3, 0.4) is 0 Å². The van der Waals surface area contributed by atoms with Gasteiger partial charge in [0.1, 0.15) is 12.2 Å². The van der Waals surface area contributed by atoms with Crippen molar-refractivity contribution in [3.63, 3.8) is 0 Å². The molecule has 1 saturated heterocycles. The number of carbonyl (C=O) groups is 1. The van der Waals surface area contributed by atoms with E-state index in [0.29, 0.717) is 13.0 Å². The number of carbonyl (C=O) groups excluding carboxylic acids is 1. The highest BCUT2D eigenvalue weighted by molar-refractivity contribution is 5.64. The molecule has 0 aromatic heterocycles. The van der Waals surface area contributed by atoms with E-state index in [9.17, 15) is 9.90 Å². The van der Waals surface area contributed by atoms with Crippen LogP contribution < -0.4 is 5.73 Å². The lowest BCUT2D eigenvalue weighted by atomic mass is 9.98. The standard InChI is InChI=1S/C10H20N2O3/c1-10(2,3)12-5-4-8(7(13)6-12)15-9(11)14/h7-8,13H,4-6H2,1-3H3,(H2,11,14)/t7-,8-/m0/s1. The molecule has 3 N–H and O–H groups in total. The van der Waals surface area contributed by atoms with Crippen molar-refractivity contribution in [1.82, 2.24) is 4.90 Å². The van der Waals surface area contributed by atoms with Crippen molar-refractivity contribution in [1.29, 1.82) is 0 Å². The summed E-state index contributed by atoms with van der Waals surface area (Å²) in [4.78, 5) is 12.7. The van der Waals surface area contributed by atoms with Gasteiger partial charge in [-0.25, -0.2) is 4.79 Å². The molecular weight excluding hydrogens is 196 g/mol. The molecule has 0 bridgehead atoms. The molecule has 0 spiro atoms. The Balaban J connectivity index is 2.51. The van der Waals surface area contributed by atoms with Gasteiger partial charge in [0, 0.05) is 18.6 Å². The van der Waals surface area contributed by atoms with Gasteiger partial charge in [0.2, 0.25) is 0 Å². The summed E-state index contributed by atoms with van der Waals surface area (Å²) in [5.41, 5.74) is 4.95. The molecule has 1 amide bonds. The molecule has 1 aliphatic heterocycles. The van der Waals surface area contributed by atoms with Crippen LogP contribution in [-0.4, -0.2) is 46.9 Å². The Morgan fingerprint density at radius 3 is 2.53 bits per heavy atom. The number of rotatable bonds is 1. The van der Waals surface area contributed by atoms with Gasteiger partial charge in [0.05, 0.1) is 0 Å². The van der Waals surface area contributed by atoms with E-state index < -0.39 is 18.3 Å². The fourth-order valence-electron chi connectivity index (χ4n) is 1.81. The van der Waals surface area contributed by atoms with E-state index in [4.69, 9.17) is 10.5 Å². The zero-order valence-corrected chi connectivity index (χ0v) is 9.56. The number of aliphatic hydroxyl groups excluding tert-OH is 1. The van der Waals surface area contributed by atoms with Gasteiger partial charge in [-0.2, -0.15) is 0 Å². The van der Waals surface area contributed by atoms with E-state index in [1.807, 2.05) is 0 Å². The zero-order valence-electron chi connectivity index (χ0n) is 9.56. The predicted molar refractivity (Wildman–Crippen MR) is 56.4 cm³/mol. The van der Waals surface area contributed by atoms with Gasteiger partial charge < -0.3 is 15.6 Å². The Morgan fingerprint density at radius 1 is 1.53 bits per heavy atom. The molecule has 88 valence electrons. The number of hydrogen-bond acceptors (Lipinski definition) is 4. The number of piperidine rings is 1. The second kappa shape index (κ2) is 4.37. The van der Waals surface area contributed by atoms with Crippen molar-refractivity contribution in [2.75, 3.05) is 13.1 Å². The maximum atomic E-state index is 10.6. The molecule has 0 unspecified atom stereocenters. The first-order valence-electron chi connectivity index (χ1n) is 5.20. The highest BCUT2D eigenvalue weighted by atomic mass is 16.6. The minimum atomic E-state index is -0.816. The van der Waals surface area contributed by atoms with Gasteiger partial charge in [-0.1, -0.05) is 0 Å². The molecule has 1 rings (SSSR count). The van der Waals surface area contributed by atoms with Crippen LogP contribution in [0.5, 0.6) is 0 Å². The van der Waals surface area contributed by atoms with Crippen LogP contribution in [0.25, 0.3) is 0 Å². The van der Waals surface area contributed by atoms with Crippen LogP contribution in [0.15, 0.2) is 0 Å². The van der Waals surface area contributed by atoms with E-state index >= 15 is 0 Å².